The Morgan fingerprint density at radius 3 is 2.82 bits per heavy atom. The molecule has 0 saturated carbocycles. The third kappa shape index (κ3) is 2.15. The molecule has 2 rings (SSSR count). The van der Waals surface area contributed by atoms with E-state index in [4.69, 9.17) is 9.47 Å². The topological polar surface area (TPSA) is 40.5 Å². The van der Waals surface area contributed by atoms with Gasteiger partial charge in [-0.1, -0.05) is 0 Å². The molecule has 0 aromatic carbocycles. The third-order valence-corrected chi connectivity index (χ3v) is 3.69. The van der Waals surface area contributed by atoms with Gasteiger partial charge in [-0.2, -0.15) is 0 Å². The van der Waals surface area contributed by atoms with Gasteiger partial charge in [0.05, 0.1) is 13.2 Å². The normalized spacial score (nSPS) is 24.2. The fraction of sp³-hybridized carbons (Fsp3) is 0.615. The standard InChI is InChI=1S/C13H19NO3/c1-10-6-12(7-15)11(2)14(10)8-13(16-3)4-5-17-9-13/h6-7H,4-5,8-9H2,1-3H3. The number of rotatable bonds is 4. The number of nitrogens with zero attached hydrogens (tertiary/aromatic N) is 1. The van der Waals surface area contributed by atoms with E-state index in [0.717, 1.165) is 42.8 Å². The van der Waals surface area contributed by atoms with E-state index in [1.54, 1.807) is 7.11 Å². The smallest absolute Gasteiger partial charge is 0.151 e. The summed E-state index contributed by atoms with van der Waals surface area (Å²) in [6, 6.07) is 1.92. The molecular weight excluding hydrogens is 218 g/mol. The first-order valence-electron chi connectivity index (χ1n) is 5.87. The lowest BCUT2D eigenvalue weighted by molar-refractivity contribution is -0.0301. The SMILES string of the molecule is COC1(Cn2c(C)cc(C=O)c2C)CCOC1. The Labute approximate surface area is 102 Å². The first-order valence-corrected chi connectivity index (χ1v) is 5.87. The summed E-state index contributed by atoms with van der Waals surface area (Å²) in [7, 11) is 1.73. The van der Waals surface area contributed by atoms with Gasteiger partial charge in [0.25, 0.3) is 0 Å². The van der Waals surface area contributed by atoms with Crippen LogP contribution in [0.1, 0.15) is 28.2 Å². The maximum atomic E-state index is 10.9. The van der Waals surface area contributed by atoms with E-state index in [1.165, 1.54) is 0 Å². The molecule has 0 N–H and O–H groups in total. The summed E-state index contributed by atoms with van der Waals surface area (Å²) in [5.41, 5.74) is 2.61. The fourth-order valence-electron chi connectivity index (χ4n) is 2.42. The number of aryl methyl sites for hydroxylation is 1. The van der Waals surface area contributed by atoms with Gasteiger partial charge in [-0.05, 0) is 19.9 Å². The quantitative estimate of drug-likeness (QED) is 0.749. The van der Waals surface area contributed by atoms with Crippen LogP contribution in [-0.4, -0.2) is 36.8 Å². The van der Waals surface area contributed by atoms with Gasteiger partial charge in [0.2, 0.25) is 0 Å². The minimum Gasteiger partial charge on any atom is -0.378 e. The highest BCUT2D eigenvalue weighted by Crippen LogP contribution is 2.27. The zero-order valence-corrected chi connectivity index (χ0v) is 10.7. The minimum absolute atomic E-state index is 0.241. The molecule has 2 heterocycles. The largest absolute Gasteiger partial charge is 0.378 e. The van der Waals surface area contributed by atoms with E-state index in [2.05, 4.69) is 4.57 Å². The summed E-state index contributed by atoms with van der Waals surface area (Å²) in [4.78, 5) is 10.9. The predicted octanol–water partition coefficient (Wildman–Crippen LogP) is 1.72. The van der Waals surface area contributed by atoms with Crippen molar-refractivity contribution in [3.8, 4) is 0 Å². The Balaban J connectivity index is 2.28. The average molecular weight is 237 g/mol. The van der Waals surface area contributed by atoms with Gasteiger partial charge in [-0.3, -0.25) is 4.79 Å². The van der Waals surface area contributed by atoms with Crippen LogP contribution in [0.25, 0.3) is 0 Å². The van der Waals surface area contributed by atoms with E-state index >= 15 is 0 Å². The zero-order chi connectivity index (χ0) is 12.5. The van der Waals surface area contributed by atoms with E-state index in [0.29, 0.717) is 6.61 Å². The van der Waals surface area contributed by atoms with Crippen LogP contribution in [0.4, 0.5) is 0 Å². The Bertz CT molecular complexity index is 417. The van der Waals surface area contributed by atoms with Gasteiger partial charge < -0.3 is 14.0 Å². The first-order chi connectivity index (χ1) is 8.12. The molecular formula is C13H19NO3. The van der Waals surface area contributed by atoms with Crippen LogP contribution in [0.5, 0.6) is 0 Å². The lowest BCUT2D eigenvalue weighted by Crippen LogP contribution is -2.37. The summed E-state index contributed by atoms with van der Waals surface area (Å²) in [5, 5.41) is 0. The Morgan fingerprint density at radius 1 is 1.59 bits per heavy atom. The molecule has 0 aliphatic carbocycles. The van der Waals surface area contributed by atoms with Crippen LogP contribution in [-0.2, 0) is 16.0 Å². The second-order valence-electron chi connectivity index (χ2n) is 4.72. The second-order valence-corrected chi connectivity index (χ2v) is 4.72. The van der Waals surface area contributed by atoms with Crippen molar-refractivity contribution in [2.45, 2.75) is 32.4 Å². The molecule has 17 heavy (non-hydrogen) atoms. The molecule has 0 spiro atoms. The summed E-state index contributed by atoms with van der Waals surface area (Å²) < 4.78 is 13.2. The maximum absolute atomic E-state index is 10.9. The molecule has 4 nitrogen and oxygen atoms in total. The number of hydrogen-bond acceptors (Lipinski definition) is 3. The first kappa shape index (κ1) is 12.3. The summed E-state index contributed by atoms with van der Waals surface area (Å²) >= 11 is 0. The minimum atomic E-state index is -0.241. The van der Waals surface area contributed by atoms with Crippen molar-refractivity contribution in [3.05, 3.63) is 23.0 Å². The summed E-state index contributed by atoms with van der Waals surface area (Å²) in [6.45, 7) is 6.09. The van der Waals surface area contributed by atoms with Crippen LogP contribution in [0.2, 0.25) is 0 Å². The van der Waals surface area contributed by atoms with Crippen LogP contribution in [0.3, 0.4) is 0 Å². The van der Waals surface area contributed by atoms with Crippen molar-refractivity contribution in [3.63, 3.8) is 0 Å². The van der Waals surface area contributed by atoms with Crippen LogP contribution in [0.15, 0.2) is 6.07 Å². The summed E-state index contributed by atoms with van der Waals surface area (Å²) in [5.74, 6) is 0. The van der Waals surface area contributed by atoms with Crippen molar-refractivity contribution >= 4 is 6.29 Å². The molecule has 1 saturated heterocycles. The number of aromatic nitrogens is 1. The number of hydrogen-bond donors (Lipinski definition) is 0. The van der Waals surface area contributed by atoms with Crippen molar-refractivity contribution < 1.29 is 14.3 Å². The molecule has 0 radical (unpaired) electrons. The van der Waals surface area contributed by atoms with Gasteiger partial charge in [-0.25, -0.2) is 0 Å². The van der Waals surface area contributed by atoms with Gasteiger partial charge in [-0.15, -0.1) is 0 Å². The van der Waals surface area contributed by atoms with E-state index in [9.17, 15) is 4.79 Å². The monoisotopic (exact) mass is 237 g/mol. The molecule has 4 heteroatoms. The van der Waals surface area contributed by atoms with E-state index < -0.39 is 0 Å². The van der Waals surface area contributed by atoms with Crippen molar-refractivity contribution in [1.82, 2.24) is 4.57 Å². The zero-order valence-electron chi connectivity index (χ0n) is 10.7. The van der Waals surface area contributed by atoms with Crippen molar-refractivity contribution in [2.75, 3.05) is 20.3 Å². The molecule has 0 amide bonds. The molecule has 1 unspecified atom stereocenters. The van der Waals surface area contributed by atoms with Crippen molar-refractivity contribution in [1.29, 1.82) is 0 Å². The molecule has 1 atom stereocenters. The van der Waals surface area contributed by atoms with Gasteiger partial charge >= 0.3 is 0 Å². The maximum Gasteiger partial charge on any atom is 0.151 e. The number of methoxy groups -OCH3 is 1. The number of ether oxygens (including phenoxy) is 2. The predicted molar refractivity (Wildman–Crippen MR) is 64.5 cm³/mol. The molecule has 1 aliphatic rings. The Hall–Kier alpha value is -1.13. The van der Waals surface area contributed by atoms with Crippen LogP contribution < -0.4 is 0 Å². The van der Waals surface area contributed by atoms with Crippen molar-refractivity contribution in [2.24, 2.45) is 0 Å². The van der Waals surface area contributed by atoms with Crippen LogP contribution in [0, 0.1) is 13.8 Å². The molecule has 1 aromatic rings. The lowest BCUT2D eigenvalue weighted by atomic mass is 10.0. The number of aldehydes is 1. The van der Waals surface area contributed by atoms with Gasteiger partial charge in [0.15, 0.2) is 6.29 Å². The van der Waals surface area contributed by atoms with Crippen LogP contribution >= 0.6 is 0 Å². The summed E-state index contributed by atoms with van der Waals surface area (Å²) in [6.07, 6.45) is 1.81. The highest BCUT2D eigenvalue weighted by Gasteiger charge is 2.36. The van der Waals surface area contributed by atoms with E-state index in [-0.39, 0.29) is 5.60 Å². The molecule has 1 aromatic heterocycles. The van der Waals surface area contributed by atoms with E-state index in [1.807, 2.05) is 19.9 Å². The Morgan fingerprint density at radius 2 is 2.35 bits per heavy atom. The Kier molecular flexibility index (Phi) is 3.35. The lowest BCUT2D eigenvalue weighted by Gasteiger charge is -2.27. The average Bonchev–Trinajstić information content (AvgIpc) is 2.90. The second kappa shape index (κ2) is 4.63. The highest BCUT2D eigenvalue weighted by atomic mass is 16.5. The third-order valence-electron chi connectivity index (χ3n) is 3.69. The number of carbonyl (C=O) groups is 1. The molecule has 0 bridgehead atoms. The number of carbonyl (C=O) groups excluding carboxylic acids is 1. The molecule has 1 fully saturated rings. The van der Waals surface area contributed by atoms with Gasteiger partial charge in [0, 0.05) is 37.1 Å². The highest BCUT2D eigenvalue weighted by molar-refractivity contribution is 5.77. The molecule has 1 aliphatic heterocycles. The molecule has 94 valence electrons. The fourth-order valence-corrected chi connectivity index (χ4v) is 2.42. The van der Waals surface area contributed by atoms with Gasteiger partial charge in [0.1, 0.15) is 5.60 Å².